The van der Waals surface area contributed by atoms with E-state index in [-0.39, 0.29) is 5.76 Å². The van der Waals surface area contributed by atoms with E-state index in [1.54, 1.807) is 18.4 Å². The molecule has 0 fully saturated rings. The van der Waals surface area contributed by atoms with Gasteiger partial charge in [-0.2, -0.15) is 0 Å². The first-order valence-electron chi connectivity index (χ1n) is 3.93. The van der Waals surface area contributed by atoms with Crippen molar-refractivity contribution in [2.24, 2.45) is 0 Å². The first-order chi connectivity index (χ1) is 6.40. The van der Waals surface area contributed by atoms with Gasteiger partial charge in [0.15, 0.2) is 5.76 Å². The van der Waals surface area contributed by atoms with Gasteiger partial charge in [0.25, 0.3) is 6.29 Å². The van der Waals surface area contributed by atoms with Crippen LogP contribution in [0.5, 0.6) is 0 Å². The fourth-order valence-electron chi connectivity index (χ4n) is 1.15. The molecule has 0 amide bonds. The van der Waals surface area contributed by atoms with Gasteiger partial charge < -0.3 is 4.42 Å². The molecule has 2 nitrogen and oxygen atoms in total. The minimum absolute atomic E-state index is 0.235. The zero-order chi connectivity index (χ0) is 9.10. The van der Waals surface area contributed by atoms with E-state index >= 15 is 0 Å². The van der Waals surface area contributed by atoms with Crippen molar-refractivity contribution in [3.63, 3.8) is 0 Å². The highest BCUT2D eigenvalue weighted by Gasteiger charge is 2.02. The molecule has 2 heteroatoms. The second-order valence-corrected chi connectivity index (χ2v) is 2.63. The van der Waals surface area contributed by atoms with Crippen LogP contribution in [-0.2, 0) is 4.79 Å². The van der Waals surface area contributed by atoms with Crippen molar-refractivity contribution in [2.45, 2.75) is 0 Å². The van der Waals surface area contributed by atoms with Gasteiger partial charge in [-0.1, -0.05) is 30.3 Å². The Hall–Kier alpha value is -1.83. The molecule has 0 atom stereocenters. The summed E-state index contributed by atoms with van der Waals surface area (Å²) in [5.41, 5.74) is 0.962. The van der Waals surface area contributed by atoms with E-state index < -0.39 is 0 Å². The Morgan fingerprint density at radius 3 is 2.38 bits per heavy atom. The van der Waals surface area contributed by atoms with E-state index in [1.165, 1.54) is 0 Å². The van der Waals surface area contributed by atoms with E-state index in [0.29, 0.717) is 5.76 Å². The third kappa shape index (κ3) is 1.51. The summed E-state index contributed by atoms with van der Waals surface area (Å²) in [5.74, 6) is 0.929. The second-order valence-electron chi connectivity index (χ2n) is 2.63. The predicted octanol–water partition coefficient (Wildman–Crippen LogP) is 2.40. The van der Waals surface area contributed by atoms with Crippen LogP contribution in [0.2, 0.25) is 0 Å². The Kier molecular flexibility index (Phi) is 1.96. The Labute approximate surface area is 75.8 Å². The van der Waals surface area contributed by atoms with Gasteiger partial charge in [-0.25, -0.2) is 0 Å². The number of rotatable bonds is 2. The molecule has 0 aliphatic heterocycles. The Morgan fingerprint density at radius 2 is 1.77 bits per heavy atom. The first-order valence-corrected chi connectivity index (χ1v) is 3.93. The van der Waals surface area contributed by atoms with E-state index in [0.717, 1.165) is 5.56 Å². The molecule has 13 heavy (non-hydrogen) atoms. The third-order valence-electron chi connectivity index (χ3n) is 1.76. The van der Waals surface area contributed by atoms with Gasteiger partial charge in [0, 0.05) is 5.56 Å². The lowest BCUT2D eigenvalue weighted by Crippen LogP contribution is -1.72. The summed E-state index contributed by atoms with van der Waals surface area (Å²) in [6.07, 6.45) is 1.70. The van der Waals surface area contributed by atoms with Gasteiger partial charge in [0.05, 0.1) is 0 Å². The molecule has 1 heterocycles. The molecule has 0 saturated carbocycles. The lowest BCUT2D eigenvalue weighted by Gasteiger charge is -1.93. The van der Waals surface area contributed by atoms with Gasteiger partial charge >= 0.3 is 0 Å². The Bertz CT molecular complexity index is 401. The smallest absolute Gasteiger partial charge is 0.271 e. The average molecular weight is 171 g/mol. The molecule has 63 valence electrons. The molecule has 2 rings (SSSR count). The Balaban J connectivity index is 2.41. The van der Waals surface area contributed by atoms with Crippen LogP contribution in [0.1, 0.15) is 5.76 Å². The average Bonchev–Trinajstić information content (AvgIpc) is 2.67. The molecule has 0 N–H and O–H groups in total. The summed E-state index contributed by atoms with van der Waals surface area (Å²) in [6.45, 7) is 0. The summed E-state index contributed by atoms with van der Waals surface area (Å²) >= 11 is 0. The highest BCUT2D eigenvalue weighted by molar-refractivity contribution is 5.73. The van der Waals surface area contributed by atoms with Gasteiger partial charge in [0.1, 0.15) is 5.76 Å². The van der Waals surface area contributed by atoms with Crippen LogP contribution in [0.4, 0.5) is 0 Å². The molecular weight excluding hydrogens is 164 g/mol. The summed E-state index contributed by atoms with van der Waals surface area (Å²) in [5, 5.41) is 0. The molecule has 0 aliphatic carbocycles. The normalized spacial score (nSPS) is 9.85. The highest BCUT2D eigenvalue weighted by Crippen LogP contribution is 2.20. The van der Waals surface area contributed by atoms with Crippen molar-refractivity contribution in [3.8, 4) is 11.3 Å². The SMILES string of the molecule is O=[C]c1ccc(-c2ccccc2)o1. The van der Waals surface area contributed by atoms with Gasteiger partial charge in [0.2, 0.25) is 0 Å². The zero-order valence-corrected chi connectivity index (χ0v) is 6.86. The molecule has 0 spiro atoms. The van der Waals surface area contributed by atoms with Crippen molar-refractivity contribution < 1.29 is 9.21 Å². The molecule has 0 bridgehead atoms. The van der Waals surface area contributed by atoms with Gasteiger partial charge in [-0.05, 0) is 12.1 Å². The maximum atomic E-state index is 10.2. The molecular formula is C11H7O2. The van der Waals surface area contributed by atoms with Crippen molar-refractivity contribution in [1.82, 2.24) is 0 Å². The second kappa shape index (κ2) is 3.27. The predicted molar refractivity (Wildman–Crippen MR) is 48.9 cm³/mol. The summed E-state index contributed by atoms with van der Waals surface area (Å²) in [7, 11) is 0. The number of benzene rings is 1. The van der Waals surface area contributed by atoms with Gasteiger partial charge in [-0.15, -0.1) is 0 Å². The third-order valence-corrected chi connectivity index (χ3v) is 1.76. The summed E-state index contributed by atoms with van der Waals surface area (Å²) in [4.78, 5) is 10.2. The zero-order valence-electron chi connectivity index (χ0n) is 6.86. The number of hydrogen-bond acceptors (Lipinski definition) is 2. The molecule has 1 aromatic heterocycles. The largest absolute Gasteiger partial charge is 0.452 e. The molecule has 1 aromatic carbocycles. The van der Waals surface area contributed by atoms with Crippen LogP contribution < -0.4 is 0 Å². The fraction of sp³-hybridized carbons (Fsp3) is 0. The number of hydrogen-bond donors (Lipinski definition) is 0. The molecule has 0 unspecified atom stereocenters. The minimum atomic E-state index is 0.235. The van der Waals surface area contributed by atoms with Crippen molar-refractivity contribution >= 4 is 6.29 Å². The molecule has 1 radical (unpaired) electrons. The molecule has 2 aromatic rings. The van der Waals surface area contributed by atoms with E-state index in [9.17, 15) is 4.79 Å². The van der Waals surface area contributed by atoms with E-state index in [2.05, 4.69) is 0 Å². The standard InChI is InChI=1S/C11H7O2/c12-8-10-6-7-11(13-10)9-4-2-1-3-5-9/h1-7H. The summed E-state index contributed by atoms with van der Waals surface area (Å²) in [6, 6.07) is 13.0. The van der Waals surface area contributed by atoms with Crippen molar-refractivity contribution in [1.29, 1.82) is 0 Å². The topological polar surface area (TPSA) is 30.2 Å². The van der Waals surface area contributed by atoms with Crippen LogP contribution in [0, 0.1) is 0 Å². The highest BCUT2D eigenvalue weighted by atomic mass is 16.3. The van der Waals surface area contributed by atoms with E-state index in [1.807, 2.05) is 30.3 Å². The van der Waals surface area contributed by atoms with Crippen molar-refractivity contribution in [2.75, 3.05) is 0 Å². The minimum Gasteiger partial charge on any atom is -0.452 e. The van der Waals surface area contributed by atoms with Crippen molar-refractivity contribution in [3.05, 3.63) is 48.2 Å². The van der Waals surface area contributed by atoms with E-state index in [4.69, 9.17) is 4.42 Å². The maximum absolute atomic E-state index is 10.2. The fourth-order valence-corrected chi connectivity index (χ4v) is 1.15. The number of carbonyl (C=O) groups excluding carboxylic acids is 1. The summed E-state index contributed by atoms with van der Waals surface area (Å²) < 4.78 is 5.20. The van der Waals surface area contributed by atoms with Crippen LogP contribution in [0.3, 0.4) is 0 Å². The Morgan fingerprint density at radius 1 is 1.00 bits per heavy atom. The van der Waals surface area contributed by atoms with Crippen LogP contribution >= 0.6 is 0 Å². The van der Waals surface area contributed by atoms with Crippen LogP contribution in [0.25, 0.3) is 11.3 Å². The van der Waals surface area contributed by atoms with Gasteiger partial charge in [-0.3, -0.25) is 4.79 Å². The monoisotopic (exact) mass is 171 g/mol. The first kappa shape index (κ1) is 7.80. The van der Waals surface area contributed by atoms with Crippen LogP contribution in [0.15, 0.2) is 46.9 Å². The molecule has 0 saturated heterocycles. The number of furan rings is 1. The van der Waals surface area contributed by atoms with Crippen LogP contribution in [-0.4, -0.2) is 6.29 Å². The quantitative estimate of drug-likeness (QED) is 0.694. The lowest BCUT2D eigenvalue weighted by atomic mass is 10.2. The molecule has 0 aliphatic rings. The maximum Gasteiger partial charge on any atom is 0.271 e. The lowest BCUT2D eigenvalue weighted by molar-refractivity contribution is 0.525.